The molecule has 0 aromatic rings. The van der Waals surface area contributed by atoms with E-state index < -0.39 is 5.41 Å². The smallest absolute Gasteiger partial charge is 0.223 e. The molecule has 0 saturated heterocycles. The molecule has 8 atom stereocenters. The third-order valence-electron chi connectivity index (χ3n) is 13.0. The Balaban J connectivity index is 1.40. The van der Waals surface area contributed by atoms with Gasteiger partial charge in [0.1, 0.15) is 11.9 Å². The lowest BCUT2D eigenvalue weighted by Gasteiger charge is -2.68. The number of nitrogens with one attached hydrogen (secondary N) is 1. The summed E-state index contributed by atoms with van der Waals surface area (Å²) < 4.78 is 0. The molecule has 8 unspecified atom stereocenters. The number of fused-ring (bicyclic) bond motifs is 7. The molecular weight excluding hydrogens is 472 g/mol. The van der Waals surface area contributed by atoms with Crippen molar-refractivity contribution in [2.75, 3.05) is 0 Å². The molecule has 1 N–H and O–H groups in total. The predicted octanol–water partition coefficient (Wildman–Crippen LogP) is 6.17. The summed E-state index contributed by atoms with van der Waals surface area (Å²) >= 11 is 0. The Labute approximate surface area is 228 Å². The largest absolute Gasteiger partial charge is 0.350 e. The topological polar surface area (TPSA) is 87.0 Å². The van der Waals surface area contributed by atoms with Crippen LogP contribution in [0, 0.1) is 68.5 Å². The molecule has 5 nitrogen and oxygen atoms in total. The summed E-state index contributed by atoms with van der Waals surface area (Å²) in [6.45, 7) is 13.4. The molecule has 0 aliphatic heterocycles. The highest BCUT2D eigenvalue weighted by Gasteiger charge is 2.68. The van der Waals surface area contributed by atoms with Crippen LogP contribution in [0.2, 0.25) is 0 Å². The van der Waals surface area contributed by atoms with Crippen LogP contribution in [0.5, 0.6) is 0 Å². The highest BCUT2D eigenvalue weighted by atomic mass is 16.2. The lowest BCUT2D eigenvalue weighted by atomic mass is 9.36. The molecular formula is C33H46N2O3. The summed E-state index contributed by atoms with van der Waals surface area (Å²) in [6.07, 6.45) is 11.5. The summed E-state index contributed by atoms with van der Waals surface area (Å²) in [5.74, 6) is 1.46. The number of allylic oxidation sites excluding steroid dienone is 2. The molecule has 5 fully saturated rings. The van der Waals surface area contributed by atoms with Gasteiger partial charge >= 0.3 is 0 Å². The van der Waals surface area contributed by atoms with Gasteiger partial charge in [-0.2, -0.15) is 5.26 Å². The van der Waals surface area contributed by atoms with E-state index >= 15 is 0 Å². The standard InChI is InChI=1S/C33H46N2O3/c1-29(2)13-14-33(35-28(38)19-7-8-19)12-9-21-26(22(33)17-29)23(36)15-25-31(21,5)11-10-24-30(3,4)27(37)20(18-34)16-32(24,25)6/h16,19,21-22,24-26H,7-15,17H2,1-6H3,(H,35,38). The van der Waals surface area contributed by atoms with Crippen molar-refractivity contribution >= 4 is 17.5 Å². The minimum absolute atomic E-state index is 0.0122. The monoisotopic (exact) mass is 518 g/mol. The molecule has 0 heterocycles. The number of carbonyl (C=O) groups excluding carboxylic acids is 3. The van der Waals surface area contributed by atoms with Crippen LogP contribution in [0.3, 0.4) is 0 Å². The van der Waals surface area contributed by atoms with Crippen LogP contribution < -0.4 is 5.32 Å². The molecule has 0 spiro atoms. The third kappa shape index (κ3) is 3.50. The van der Waals surface area contributed by atoms with E-state index in [0.29, 0.717) is 12.2 Å². The predicted molar refractivity (Wildman–Crippen MR) is 145 cm³/mol. The van der Waals surface area contributed by atoms with Gasteiger partial charge in [-0.15, -0.1) is 0 Å². The van der Waals surface area contributed by atoms with E-state index in [1.54, 1.807) is 0 Å². The van der Waals surface area contributed by atoms with Crippen molar-refractivity contribution in [3.8, 4) is 6.07 Å². The first-order chi connectivity index (χ1) is 17.7. The van der Waals surface area contributed by atoms with Crippen molar-refractivity contribution in [1.29, 1.82) is 5.26 Å². The van der Waals surface area contributed by atoms with Gasteiger partial charge in [0, 0.05) is 29.2 Å². The fourth-order valence-electron chi connectivity index (χ4n) is 10.8. The molecule has 0 radical (unpaired) electrons. The molecule has 5 heteroatoms. The zero-order valence-electron chi connectivity index (χ0n) is 24.3. The molecule has 206 valence electrons. The van der Waals surface area contributed by atoms with Crippen LogP contribution in [0.4, 0.5) is 0 Å². The van der Waals surface area contributed by atoms with Gasteiger partial charge < -0.3 is 5.32 Å². The molecule has 5 saturated carbocycles. The number of hydrogen-bond acceptors (Lipinski definition) is 4. The van der Waals surface area contributed by atoms with Crippen molar-refractivity contribution in [3.63, 3.8) is 0 Å². The lowest BCUT2D eigenvalue weighted by Crippen LogP contribution is -2.69. The third-order valence-corrected chi connectivity index (χ3v) is 13.0. The van der Waals surface area contributed by atoms with Crippen LogP contribution >= 0.6 is 0 Å². The maximum Gasteiger partial charge on any atom is 0.223 e. The van der Waals surface area contributed by atoms with E-state index in [1.165, 1.54) is 0 Å². The second-order valence-corrected chi connectivity index (χ2v) is 16.0. The van der Waals surface area contributed by atoms with E-state index in [2.05, 4.69) is 39.1 Å². The number of nitrogens with zero attached hydrogens (tertiary/aromatic N) is 1. The van der Waals surface area contributed by atoms with Gasteiger partial charge in [0.25, 0.3) is 0 Å². The van der Waals surface area contributed by atoms with Crippen molar-refractivity contribution in [3.05, 3.63) is 11.6 Å². The highest BCUT2D eigenvalue weighted by Crippen LogP contribution is 2.70. The van der Waals surface area contributed by atoms with Gasteiger partial charge in [-0.3, -0.25) is 14.4 Å². The Kier molecular flexibility index (Phi) is 5.56. The number of carbonyl (C=O) groups is 3. The quantitative estimate of drug-likeness (QED) is 0.473. The number of nitriles is 1. The molecule has 6 aliphatic carbocycles. The Morgan fingerprint density at radius 1 is 0.921 bits per heavy atom. The Hall–Kier alpha value is -1.96. The fourth-order valence-corrected chi connectivity index (χ4v) is 10.8. The van der Waals surface area contributed by atoms with Gasteiger partial charge in [0.2, 0.25) is 5.91 Å². The molecule has 0 aromatic heterocycles. The van der Waals surface area contributed by atoms with Crippen molar-refractivity contribution < 1.29 is 14.4 Å². The van der Waals surface area contributed by atoms with Gasteiger partial charge in [-0.05, 0) is 97.7 Å². The molecule has 38 heavy (non-hydrogen) atoms. The first-order valence-electron chi connectivity index (χ1n) is 15.2. The number of ketones is 2. The van der Waals surface area contributed by atoms with Gasteiger partial charge in [-0.25, -0.2) is 0 Å². The average Bonchev–Trinajstić information content (AvgIpc) is 3.68. The second kappa shape index (κ2) is 8.05. The van der Waals surface area contributed by atoms with Crippen LogP contribution in [-0.2, 0) is 14.4 Å². The van der Waals surface area contributed by atoms with Crippen LogP contribution in [0.25, 0.3) is 0 Å². The fraction of sp³-hybridized carbons (Fsp3) is 0.818. The summed E-state index contributed by atoms with van der Waals surface area (Å²) in [7, 11) is 0. The first kappa shape index (κ1) is 26.3. The van der Waals surface area contributed by atoms with E-state index in [-0.39, 0.29) is 74.6 Å². The molecule has 1 amide bonds. The Morgan fingerprint density at radius 3 is 2.29 bits per heavy atom. The van der Waals surface area contributed by atoms with Crippen LogP contribution in [-0.4, -0.2) is 23.0 Å². The van der Waals surface area contributed by atoms with E-state index in [4.69, 9.17) is 0 Å². The van der Waals surface area contributed by atoms with Gasteiger partial charge in [0.15, 0.2) is 5.78 Å². The minimum atomic E-state index is -0.599. The van der Waals surface area contributed by atoms with Crippen LogP contribution in [0.1, 0.15) is 106 Å². The van der Waals surface area contributed by atoms with Gasteiger partial charge in [-0.1, -0.05) is 47.6 Å². The molecule has 0 bridgehead atoms. The minimum Gasteiger partial charge on any atom is -0.350 e. The average molecular weight is 519 g/mol. The number of hydrogen-bond donors (Lipinski definition) is 1. The van der Waals surface area contributed by atoms with E-state index in [9.17, 15) is 19.6 Å². The second-order valence-electron chi connectivity index (χ2n) is 16.0. The maximum atomic E-state index is 14.4. The first-order valence-corrected chi connectivity index (χ1v) is 15.2. The van der Waals surface area contributed by atoms with Crippen molar-refractivity contribution in [2.45, 2.75) is 111 Å². The number of rotatable bonds is 2. The lowest BCUT2D eigenvalue weighted by molar-refractivity contribution is -0.185. The zero-order valence-corrected chi connectivity index (χ0v) is 24.3. The summed E-state index contributed by atoms with van der Waals surface area (Å²) in [5, 5.41) is 13.5. The molecule has 0 aromatic carbocycles. The number of amides is 1. The Morgan fingerprint density at radius 2 is 1.63 bits per heavy atom. The number of Topliss-reactive ketones (excluding diaryl/α,β-unsaturated/α-hetero) is 2. The highest BCUT2D eigenvalue weighted by molar-refractivity contribution is 6.04. The van der Waals surface area contributed by atoms with E-state index in [0.717, 1.165) is 57.8 Å². The van der Waals surface area contributed by atoms with Crippen LogP contribution in [0.15, 0.2) is 11.6 Å². The van der Waals surface area contributed by atoms with Crippen molar-refractivity contribution in [2.24, 2.45) is 57.2 Å². The van der Waals surface area contributed by atoms with E-state index in [1.807, 2.05) is 19.9 Å². The summed E-state index contributed by atoms with van der Waals surface area (Å²) in [4.78, 5) is 40.7. The SMILES string of the molecule is CC1(C)CCC2(NC(=O)C3CC3)CCC3C(C(=O)CC4C5(C)C=C(C#N)C(=O)C(C)(C)C5CCC34C)C2C1. The zero-order chi connectivity index (χ0) is 27.5. The summed E-state index contributed by atoms with van der Waals surface area (Å²) in [5.41, 5.74) is -0.767. The van der Waals surface area contributed by atoms with Crippen molar-refractivity contribution in [1.82, 2.24) is 5.32 Å². The Bertz CT molecular complexity index is 1170. The maximum absolute atomic E-state index is 14.4. The molecule has 6 aliphatic rings. The molecule has 6 rings (SSSR count). The van der Waals surface area contributed by atoms with Gasteiger partial charge in [0.05, 0.1) is 5.57 Å². The normalized spacial score (nSPS) is 46.9. The summed E-state index contributed by atoms with van der Waals surface area (Å²) in [6, 6.07) is 2.21.